The van der Waals surface area contributed by atoms with Crippen molar-refractivity contribution in [2.75, 3.05) is 6.61 Å². The highest BCUT2D eigenvalue weighted by atomic mass is 16.7. The summed E-state index contributed by atoms with van der Waals surface area (Å²) in [5.74, 6) is 0.982. The minimum atomic E-state index is -0.514. The van der Waals surface area contributed by atoms with Crippen molar-refractivity contribution >= 4 is 6.16 Å². The molecule has 0 aromatic heterocycles. The fourth-order valence-corrected chi connectivity index (χ4v) is 2.57. The van der Waals surface area contributed by atoms with E-state index in [1.807, 2.05) is 13.8 Å². The van der Waals surface area contributed by atoms with Crippen LogP contribution >= 0.6 is 0 Å². The minimum absolute atomic E-state index is 0.329. The Hall–Kier alpha value is -0.990. The lowest BCUT2D eigenvalue weighted by atomic mass is 9.90. The van der Waals surface area contributed by atoms with E-state index < -0.39 is 6.16 Å². The first-order chi connectivity index (χ1) is 7.14. The van der Waals surface area contributed by atoms with Crippen molar-refractivity contribution in [3.8, 4) is 0 Å². The summed E-state index contributed by atoms with van der Waals surface area (Å²) in [6.07, 6.45) is 6.78. The third-order valence-corrected chi connectivity index (χ3v) is 3.36. The van der Waals surface area contributed by atoms with Crippen LogP contribution in [0.2, 0.25) is 0 Å². The molecule has 3 heteroatoms. The van der Waals surface area contributed by atoms with E-state index in [1.165, 1.54) is 0 Å². The Morgan fingerprint density at radius 1 is 1.53 bits per heavy atom. The lowest BCUT2D eigenvalue weighted by Gasteiger charge is -2.30. The molecule has 3 atom stereocenters. The van der Waals surface area contributed by atoms with E-state index in [0.29, 0.717) is 18.4 Å². The highest BCUT2D eigenvalue weighted by Gasteiger charge is 2.48. The van der Waals surface area contributed by atoms with E-state index >= 15 is 0 Å². The predicted octanol–water partition coefficient (Wildman–Crippen LogP) is 2.90. The Morgan fingerprint density at radius 2 is 2.33 bits per heavy atom. The molecule has 2 bridgehead atoms. The van der Waals surface area contributed by atoms with Crippen LogP contribution in [-0.2, 0) is 9.47 Å². The smallest absolute Gasteiger partial charge is 0.434 e. The first-order valence-electron chi connectivity index (χ1n) is 5.68. The van der Waals surface area contributed by atoms with E-state index in [2.05, 4.69) is 12.2 Å². The molecule has 2 aliphatic carbocycles. The van der Waals surface area contributed by atoms with Crippen molar-refractivity contribution in [3.63, 3.8) is 0 Å². The van der Waals surface area contributed by atoms with Crippen molar-refractivity contribution in [1.82, 2.24) is 0 Å². The summed E-state index contributed by atoms with van der Waals surface area (Å²) in [6.45, 7) is 4.42. The van der Waals surface area contributed by atoms with Gasteiger partial charge >= 0.3 is 6.16 Å². The molecule has 3 nitrogen and oxygen atoms in total. The number of allylic oxidation sites excluding steroid dienone is 1. The van der Waals surface area contributed by atoms with Crippen molar-refractivity contribution in [2.45, 2.75) is 38.7 Å². The number of ether oxygens (including phenoxy) is 2. The zero-order chi connectivity index (χ0) is 10.9. The van der Waals surface area contributed by atoms with Gasteiger partial charge in [0, 0.05) is 5.92 Å². The number of hydrogen-bond acceptors (Lipinski definition) is 3. The molecule has 0 aliphatic heterocycles. The van der Waals surface area contributed by atoms with Gasteiger partial charge in [0.05, 0.1) is 6.61 Å². The van der Waals surface area contributed by atoms with Crippen LogP contribution in [0.5, 0.6) is 0 Å². The Kier molecular flexibility index (Phi) is 2.72. The van der Waals surface area contributed by atoms with Crippen LogP contribution in [0.3, 0.4) is 0 Å². The maximum atomic E-state index is 11.4. The molecule has 0 amide bonds. The summed E-state index contributed by atoms with van der Waals surface area (Å²) in [6, 6.07) is 0. The largest absolute Gasteiger partial charge is 0.508 e. The minimum Gasteiger partial charge on any atom is -0.434 e. The second-order valence-electron chi connectivity index (χ2n) is 4.70. The van der Waals surface area contributed by atoms with Gasteiger partial charge in [-0.1, -0.05) is 19.1 Å². The number of carbonyl (C=O) groups excluding carboxylic acids is 1. The van der Waals surface area contributed by atoms with E-state index in [4.69, 9.17) is 9.47 Å². The van der Waals surface area contributed by atoms with E-state index in [0.717, 1.165) is 19.3 Å². The average molecular weight is 210 g/mol. The summed E-state index contributed by atoms with van der Waals surface area (Å²) < 4.78 is 10.4. The zero-order valence-corrected chi connectivity index (χ0v) is 9.36. The van der Waals surface area contributed by atoms with Gasteiger partial charge < -0.3 is 9.47 Å². The first kappa shape index (κ1) is 10.5. The lowest BCUT2D eigenvalue weighted by molar-refractivity contribution is -0.0390. The maximum absolute atomic E-state index is 11.4. The van der Waals surface area contributed by atoms with Gasteiger partial charge in [-0.2, -0.15) is 0 Å². The fourth-order valence-electron chi connectivity index (χ4n) is 2.57. The number of rotatable bonds is 3. The normalized spacial score (nSPS) is 36.9. The van der Waals surface area contributed by atoms with Crippen molar-refractivity contribution in [2.24, 2.45) is 11.8 Å². The van der Waals surface area contributed by atoms with Crippen molar-refractivity contribution in [3.05, 3.63) is 12.2 Å². The van der Waals surface area contributed by atoms with Gasteiger partial charge in [-0.25, -0.2) is 4.79 Å². The summed E-state index contributed by atoms with van der Waals surface area (Å²) in [4.78, 5) is 11.4. The molecule has 0 aromatic carbocycles. The van der Waals surface area contributed by atoms with Crippen LogP contribution in [0.15, 0.2) is 12.2 Å². The average Bonchev–Trinajstić information content (AvgIpc) is 2.73. The molecule has 2 rings (SSSR count). The molecular weight excluding hydrogens is 192 g/mol. The molecule has 1 fully saturated rings. The van der Waals surface area contributed by atoms with Gasteiger partial charge in [-0.05, 0) is 32.1 Å². The summed E-state index contributed by atoms with van der Waals surface area (Å²) in [7, 11) is 0. The zero-order valence-electron chi connectivity index (χ0n) is 9.36. The third-order valence-electron chi connectivity index (χ3n) is 3.36. The third kappa shape index (κ3) is 2.01. The van der Waals surface area contributed by atoms with E-state index in [9.17, 15) is 4.79 Å². The van der Waals surface area contributed by atoms with Gasteiger partial charge in [0.25, 0.3) is 0 Å². The SMILES string of the molecule is CCCOC(=O)OC1(C)CC2C=CC1C2. The molecule has 0 heterocycles. The monoisotopic (exact) mass is 210 g/mol. The van der Waals surface area contributed by atoms with Gasteiger partial charge in [0.1, 0.15) is 5.60 Å². The molecule has 2 aliphatic rings. The summed E-state index contributed by atoms with van der Waals surface area (Å²) in [5, 5.41) is 0. The molecule has 84 valence electrons. The lowest BCUT2D eigenvalue weighted by Crippen LogP contribution is -2.36. The summed E-state index contributed by atoms with van der Waals surface area (Å²) >= 11 is 0. The Bertz CT molecular complexity index is 285. The number of carbonyl (C=O) groups is 1. The van der Waals surface area contributed by atoms with E-state index in [-0.39, 0.29) is 5.60 Å². The van der Waals surface area contributed by atoms with Crippen LogP contribution in [0, 0.1) is 11.8 Å². The van der Waals surface area contributed by atoms with Gasteiger partial charge in [0.2, 0.25) is 0 Å². The van der Waals surface area contributed by atoms with Gasteiger partial charge in [-0.3, -0.25) is 0 Å². The molecular formula is C12H18O3. The first-order valence-corrected chi connectivity index (χ1v) is 5.68. The van der Waals surface area contributed by atoms with Crippen LogP contribution in [0.25, 0.3) is 0 Å². The molecule has 0 spiro atoms. The second kappa shape index (κ2) is 3.87. The number of fused-ring (bicyclic) bond motifs is 2. The number of hydrogen-bond donors (Lipinski definition) is 0. The van der Waals surface area contributed by atoms with Crippen LogP contribution in [0.1, 0.15) is 33.1 Å². The Balaban J connectivity index is 1.89. The van der Waals surface area contributed by atoms with Crippen molar-refractivity contribution in [1.29, 1.82) is 0 Å². The quantitative estimate of drug-likeness (QED) is 0.530. The standard InChI is InChI=1S/C12H18O3/c1-3-6-14-11(13)15-12(2)8-9-4-5-10(12)7-9/h4-5,9-10H,3,6-8H2,1-2H3. The molecule has 0 N–H and O–H groups in total. The predicted molar refractivity (Wildman–Crippen MR) is 56.5 cm³/mol. The van der Waals surface area contributed by atoms with E-state index in [1.54, 1.807) is 0 Å². The topological polar surface area (TPSA) is 35.5 Å². The Labute approximate surface area is 90.4 Å². The van der Waals surface area contributed by atoms with Crippen molar-refractivity contribution < 1.29 is 14.3 Å². The maximum Gasteiger partial charge on any atom is 0.508 e. The highest BCUT2D eigenvalue weighted by Crippen LogP contribution is 2.48. The fraction of sp³-hybridized carbons (Fsp3) is 0.750. The molecule has 1 saturated carbocycles. The van der Waals surface area contributed by atoms with Gasteiger partial charge in [-0.15, -0.1) is 0 Å². The second-order valence-corrected chi connectivity index (χ2v) is 4.70. The van der Waals surface area contributed by atoms with Crippen LogP contribution in [-0.4, -0.2) is 18.4 Å². The van der Waals surface area contributed by atoms with Crippen LogP contribution < -0.4 is 0 Å². The molecule has 3 unspecified atom stereocenters. The Morgan fingerprint density at radius 3 is 2.87 bits per heavy atom. The summed E-state index contributed by atoms with van der Waals surface area (Å²) in [5.41, 5.74) is -0.329. The molecule has 0 aromatic rings. The molecule has 0 saturated heterocycles. The highest BCUT2D eigenvalue weighted by molar-refractivity contribution is 5.60. The van der Waals surface area contributed by atoms with Crippen LogP contribution in [0.4, 0.5) is 4.79 Å². The van der Waals surface area contributed by atoms with Gasteiger partial charge in [0.15, 0.2) is 0 Å². The molecule has 15 heavy (non-hydrogen) atoms. The molecule has 0 radical (unpaired) electrons.